The van der Waals surface area contributed by atoms with E-state index in [4.69, 9.17) is 25.5 Å². The molecule has 2 aromatic rings. The van der Waals surface area contributed by atoms with E-state index < -0.39 is 0 Å². The van der Waals surface area contributed by atoms with Gasteiger partial charge in [-0.3, -0.25) is 4.99 Å². The Morgan fingerprint density at radius 1 is 1.17 bits per heavy atom. The Morgan fingerprint density at radius 2 is 1.97 bits per heavy atom. The van der Waals surface area contributed by atoms with Crippen molar-refractivity contribution in [1.29, 1.82) is 0 Å². The number of ether oxygens (including phenoxy) is 2. The van der Waals surface area contributed by atoms with Gasteiger partial charge in [0.1, 0.15) is 12.4 Å². The minimum Gasteiger partial charge on any atom is -0.467 e. The zero-order chi connectivity index (χ0) is 20.4. The number of nitrogens with zero attached hydrogens (tertiary/aromatic N) is 1. The first-order valence-corrected chi connectivity index (χ1v) is 10.5. The average Bonchev–Trinajstić information content (AvgIpc) is 3.27. The predicted molar refractivity (Wildman–Crippen MR) is 131 cm³/mol. The smallest absolute Gasteiger partial charge is 0.191 e. The molecule has 30 heavy (non-hydrogen) atoms. The first kappa shape index (κ1) is 25.0. The lowest BCUT2D eigenvalue weighted by Gasteiger charge is -2.38. The SMILES string of the molecule is CN=C(NCCCOCc1ccco1)NCC1(c2ccccc2Cl)CCOCC1.I. The predicted octanol–water partition coefficient (Wildman–Crippen LogP) is 4.37. The quantitative estimate of drug-likeness (QED) is 0.211. The molecule has 2 heterocycles. The lowest BCUT2D eigenvalue weighted by atomic mass is 9.74. The topological polar surface area (TPSA) is 68.0 Å². The molecule has 1 aliphatic rings. The molecule has 3 rings (SSSR count). The molecule has 8 heteroatoms. The van der Waals surface area contributed by atoms with Crippen LogP contribution in [0.25, 0.3) is 0 Å². The van der Waals surface area contributed by atoms with Crippen molar-refractivity contribution < 1.29 is 13.9 Å². The van der Waals surface area contributed by atoms with Crippen LogP contribution in [0, 0.1) is 0 Å². The molecule has 1 aromatic heterocycles. The maximum atomic E-state index is 6.53. The summed E-state index contributed by atoms with van der Waals surface area (Å²) in [5.41, 5.74) is 1.12. The molecule has 6 nitrogen and oxygen atoms in total. The molecule has 0 spiro atoms. The Bertz CT molecular complexity index is 765. The number of furan rings is 1. The zero-order valence-corrected chi connectivity index (χ0v) is 20.4. The van der Waals surface area contributed by atoms with Crippen LogP contribution in [-0.4, -0.2) is 45.9 Å². The van der Waals surface area contributed by atoms with Crippen molar-refractivity contribution in [3.05, 3.63) is 59.0 Å². The van der Waals surface area contributed by atoms with Crippen molar-refractivity contribution in [1.82, 2.24) is 10.6 Å². The minimum atomic E-state index is -0.0552. The number of aliphatic imine (C=N–C) groups is 1. The van der Waals surface area contributed by atoms with Gasteiger partial charge < -0.3 is 24.5 Å². The van der Waals surface area contributed by atoms with E-state index in [1.54, 1.807) is 13.3 Å². The Morgan fingerprint density at radius 3 is 2.67 bits per heavy atom. The number of halogens is 2. The van der Waals surface area contributed by atoms with Crippen LogP contribution >= 0.6 is 35.6 Å². The second-order valence-electron chi connectivity index (χ2n) is 7.21. The third-order valence-corrected chi connectivity index (χ3v) is 5.62. The number of nitrogens with one attached hydrogen (secondary N) is 2. The maximum absolute atomic E-state index is 6.53. The van der Waals surface area contributed by atoms with Crippen LogP contribution in [0.1, 0.15) is 30.6 Å². The molecule has 0 atom stereocenters. The van der Waals surface area contributed by atoms with Crippen LogP contribution < -0.4 is 10.6 Å². The molecule has 1 fully saturated rings. The van der Waals surface area contributed by atoms with Crippen LogP contribution in [0.5, 0.6) is 0 Å². The van der Waals surface area contributed by atoms with Gasteiger partial charge in [0.05, 0.1) is 6.26 Å². The molecule has 0 bridgehead atoms. The second kappa shape index (κ2) is 13.2. The summed E-state index contributed by atoms with van der Waals surface area (Å²) in [5, 5.41) is 7.66. The van der Waals surface area contributed by atoms with Crippen LogP contribution in [0.2, 0.25) is 5.02 Å². The van der Waals surface area contributed by atoms with Crippen LogP contribution in [0.15, 0.2) is 52.1 Å². The van der Waals surface area contributed by atoms with E-state index in [-0.39, 0.29) is 29.4 Å². The van der Waals surface area contributed by atoms with Gasteiger partial charge in [0.2, 0.25) is 0 Å². The Kier molecular flexibility index (Phi) is 11.0. The molecule has 1 saturated heterocycles. The van der Waals surface area contributed by atoms with E-state index in [1.165, 1.54) is 5.56 Å². The highest BCUT2D eigenvalue weighted by atomic mass is 127. The summed E-state index contributed by atoms with van der Waals surface area (Å²) < 4.78 is 16.5. The number of rotatable bonds is 9. The second-order valence-corrected chi connectivity index (χ2v) is 7.62. The van der Waals surface area contributed by atoms with Gasteiger partial charge in [-0.15, -0.1) is 24.0 Å². The molecule has 0 unspecified atom stereocenters. The van der Waals surface area contributed by atoms with Crippen molar-refractivity contribution in [2.75, 3.05) is 40.0 Å². The van der Waals surface area contributed by atoms with E-state index in [9.17, 15) is 0 Å². The molecule has 0 radical (unpaired) electrons. The Hall–Kier alpha value is -1.29. The number of benzene rings is 1. The van der Waals surface area contributed by atoms with Crippen LogP contribution in [-0.2, 0) is 21.5 Å². The first-order chi connectivity index (χ1) is 14.2. The molecule has 1 aromatic carbocycles. The average molecular weight is 548 g/mol. The fourth-order valence-corrected chi connectivity index (χ4v) is 3.95. The number of guanidine groups is 1. The highest BCUT2D eigenvalue weighted by molar-refractivity contribution is 14.0. The number of hydrogen-bond donors (Lipinski definition) is 2. The highest BCUT2D eigenvalue weighted by Gasteiger charge is 2.36. The molecule has 1 aliphatic heterocycles. The fraction of sp³-hybridized carbons (Fsp3) is 0.500. The first-order valence-electron chi connectivity index (χ1n) is 10.1. The molecular formula is C22H31ClIN3O3. The standard InChI is InChI=1S/C22H30ClN3O3.HI/c1-24-21(25-11-5-12-28-16-18-6-4-13-29-18)26-17-22(9-14-27-15-10-22)19-7-2-3-8-20(19)23;/h2-4,6-8,13H,5,9-12,14-17H2,1H3,(H2,24,25,26);1H. The number of hydrogen-bond acceptors (Lipinski definition) is 4. The molecular weight excluding hydrogens is 517 g/mol. The van der Waals surface area contributed by atoms with Gasteiger partial charge in [0.15, 0.2) is 5.96 Å². The third kappa shape index (κ3) is 7.14. The zero-order valence-electron chi connectivity index (χ0n) is 17.4. The largest absolute Gasteiger partial charge is 0.467 e. The van der Waals surface area contributed by atoms with E-state index in [0.29, 0.717) is 13.2 Å². The van der Waals surface area contributed by atoms with Crippen LogP contribution in [0.3, 0.4) is 0 Å². The van der Waals surface area contributed by atoms with Crippen LogP contribution in [0.4, 0.5) is 0 Å². The van der Waals surface area contributed by atoms with Gasteiger partial charge in [-0.25, -0.2) is 0 Å². The van der Waals surface area contributed by atoms with E-state index in [1.807, 2.05) is 30.3 Å². The monoisotopic (exact) mass is 547 g/mol. The van der Waals surface area contributed by atoms with Gasteiger partial charge in [-0.1, -0.05) is 29.8 Å². The van der Waals surface area contributed by atoms with Gasteiger partial charge >= 0.3 is 0 Å². The Balaban J connectivity index is 0.00000320. The van der Waals surface area contributed by atoms with E-state index in [0.717, 1.165) is 62.3 Å². The van der Waals surface area contributed by atoms with Crippen molar-refractivity contribution >= 4 is 41.5 Å². The minimum absolute atomic E-state index is 0. The van der Waals surface area contributed by atoms with Crippen molar-refractivity contribution in [2.45, 2.75) is 31.3 Å². The van der Waals surface area contributed by atoms with Gasteiger partial charge in [-0.05, 0) is 43.0 Å². The third-order valence-electron chi connectivity index (χ3n) is 5.30. The summed E-state index contributed by atoms with van der Waals surface area (Å²) >= 11 is 6.53. The van der Waals surface area contributed by atoms with Crippen molar-refractivity contribution in [3.63, 3.8) is 0 Å². The highest BCUT2D eigenvalue weighted by Crippen LogP contribution is 2.38. The summed E-state index contributed by atoms with van der Waals surface area (Å²) in [4.78, 5) is 4.35. The van der Waals surface area contributed by atoms with Gasteiger partial charge in [0.25, 0.3) is 0 Å². The maximum Gasteiger partial charge on any atom is 0.191 e. The van der Waals surface area contributed by atoms with Gasteiger partial charge in [-0.2, -0.15) is 0 Å². The summed E-state index contributed by atoms with van der Waals surface area (Å²) in [6.45, 7) is 4.18. The Labute approximate surface area is 200 Å². The molecule has 2 N–H and O–H groups in total. The molecule has 0 saturated carbocycles. The van der Waals surface area contributed by atoms with E-state index in [2.05, 4.69) is 21.7 Å². The van der Waals surface area contributed by atoms with Crippen molar-refractivity contribution in [3.8, 4) is 0 Å². The fourth-order valence-electron chi connectivity index (χ4n) is 3.62. The van der Waals surface area contributed by atoms with E-state index >= 15 is 0 Å². The van der Waals surface area contributed by atoms with Gasteiger partial charge in [0, 0.05) is 50.4 Å². The molecule has 0 aliphatic carbocycles. The molecule has 166 valence electrons. The van der Waals surface area contributed by atoms with Crippen molar-refractivity contribution in [2.24, 2.45) is 4.99 Å². The lowest BCUT2D eigenvalue weighted by Crippen LogP contribution is -2.48. The summed E-state index contributed by atoms with van der Waals surface area (Å²) in [6, 6.07) is 11.9. The summed E-state index contributed by atoms with van der Waals surface area (Å²) in [6.07, 6.45) is 4.40. The lowest BCUT2D eigenvalue weighted by molar-refractivity contribution is 0.0514. The normalized spacial score (nSPS) is 16.0. The summed E-state index contributed by atoms with van der Waals surface area (Å²) in [7, 11) is 1.79. The summed E-state index contributed by atoms with van der Waals surface area (Å²) in [5.74, 6) is 1.63. The molecule has 0 amide bonds.